The van der Waals surface area contributed by atoms with E-state index in [1.54, 1.807) is 0 Å². The summed E-state index contributed by atoms with van der Waals surface area (Å²) in [6.45, 7) is 1.24. The molecule has 0 spiro atoms. The van der Waals surface area contributed by atoms with Crippen LogP contribution in [0, 0.1) is 0 Å². The predicted molar refractivity (Wildman–Crippen MR) is 55.7 cm³/mol. The average Bonchev–Trinajstić information content (AvgIpc) is 2.15. The van der Waals surface area contributed by atoms with Gasteiger partial charge in [0.2, 0.25) is 0 Å². The SMILES string of the molecule is CC(=O)C(Cl)c1ccc(C(F)(F)F)cc1Cl. The lowest BCUT2D eigenvalue weighted by Gasteiger charge is -2.11. The molecule has 1 atom stereocenters. The monoisotopic (exact) mass is 270 g/mol. The molecule has 0 aromatic heterocycles. The van der Waals surface area contributed by atoms with E-state index < -0.39 is 17.1 Å². The number of alkyl halides is 4. The summed E-state index contributed by atoms with van der Waals surface area (Å²) in [5.41, 5.74) is -0.683. The first-order chi connectivity index (χ1) is 7.23. The molecule has 0 aliphatic carbocycles. The highest BCUT2D eigenvalue weighted by Crippen LogP contribution is 2.35. The topological polar surface area (TPSA) is 17.1 Å². The van der Waals surface area contributed by atoms with Crippen LogP contribution in [0.5, 0.6) is 0 Å². The van der Waals surface area contributed by atoms with Crippen LogP contribution in [-0.4, -0.2) is 5.78 Å². The van der Waals surface area contributed by atoms with Gasteiger partial charge in [-0.25, -0.2) is 0 Å². The fourth-order valence-electron chi connectivity index (χ4n) is 1.13. The van der Waals surface area contributed by atoms with E-state index in [4.69, 9.17) is 23.2 Å². The minimum atomic E-state index is -4.46. The zero-order chi connectivity index (χ0) is 12.5. The second-order valence-electron chi connectivity index (χ2n) is 3.21. The Balaban J connectivity index is 3.15. The van der Waals surface area contributed by atoms with Crippen molar-refractivity contribution in [3.8, 4) is 0 Å². The first-order valence-electron chi connectivity index (χ1n) is 4.24. The van der Waals surface area contributed by atoms with Crippen LogP contribution >= 0.6 is 23.2 Å². The van der Waals surface area contributed by atoms with Crippen LogP contribution in [0.1, 0.15) is 23.4 Å². The lowest BCUT2D eigenvalue weighted by atomic mass is 10.1. The number of carbonyl (C=O) groups excluding carboxylic acids is 1. The number of halogens is 5. The number of Topliss-reactive ketones (excluding diaryl/α,β-unsaturated/α-hetero) is 1. The Morgan fingerprint density at radius 3 is 2.31 bits per heavy atom. The summed E-state index contributed by atoms with van der Waals surface area (Å²) in [5, 5.41) is -1.18. The van der Waals surface area contributed by atoms with Crippen molar-refractivity contribution in [1.82, 2.24) is 0 Å². The van der Waals surface area contributed by atoms with Gasteiger partial charge in [0, 0.05) is 5.02 Å². The molecule has 6 heteroatoms. The molecule has 1 unspecified atom stereocenters. The molecule has 0 amide bonds. The fourth-order valence-corrected chi connectivity index (χ4v) is 1.66. The van der Waals surface area contributed by atoms with Gasteiger partial charge in [0.25, 0.3) is 0 Å². The predicted octanol–water partition coefficient (Wildman–Crippen LogP) is 4.23. The van der Waals surface area contributed by atoms with Gasteiger partial charge in [-0.1, -0.05) is 17.7 Å². The molecule has 0 aliphatic rings. The van der Waals surface area contributed by atoms with Crippen LogP contribution in [0.4, 0.5) is 13.2 Å². The molecule has 0 saturated carbocycles. The van der Waals surface area contributed by atoms with Gasteiger partial charge >= 0.3 is 6.18 Å². The van der Waals surface area contributed by atoms with Gasteiger partial charge in [-0.3, -0.25) is 4.79 Å². The Kier molecular flexibility index (Phi) is 3.86. The van der Waals surface area contributed by atoms with Gasteiger partial charge < -0.3 is 0 Å². The maximum atomic E-state index is 12.3. The van der Waals surface area contributed by atoms with Gasteiger partial charge in [-0.2, -0.15) is 13.2 Å². The molecule has 0 fully saturated rings. The van der Waals surface area contributed by atoms with E-state index in [-0.39, 0.29) is 16.4 Å². The molecule has 1 aromatic carbocycles. The maximum absolute atomic E-state index is 12.3. The fraction of sp³-hybridized carbons (Fsp3) is 0.300. The highest BCUT2D eigenvalue weighted by atomic mass is 35.5. The molecule has 0 N–H and O–H groups in total. The summed E-state index contributed by atoms with van der Waals surface area (Å²) in [6.07, 6.45) is -4.46. The number of rotatable bonds is 2. The number of hydrogen-bond donors (Lipinski definition) is 0. The molecular formula is C10H7Cl2F3O. The maximum Gasteiger partial charge on any atom is 0.416 e. The largest absolute Gasteiger partial charge is 0.416 e. The van der Waals surface area contributed by atoms with Crippen molar-refractivity contribution in [1.29, 1.82) is 0 Å². The third kappa shape index (κ3) is 2.89. The summed E-state index contributed by atoms with van der Waals surface area (Å²) in [5.74, 6) is -0.372. The quantitative estimate of drug-likeness (QED) is 0.736. The van der Waals surface area contributed by atoms with Crippen molar-refractivity contribution in [3.05, 3.63) is 34.3 Å². The zero-order valence-electron chi connectivity index (χ0n) is 8.11. The molecule has 0 bridgehead atoms. The molecule has 0 radical (unpaired) electrons. The summed E-state index contributed by atoms with van der Waals surface area (Å²) in [6, 6.07) is 2.72. The summed E-state index contributed by atoms with van der Waals surface area (Å²) in [7, 11) is 0. The molecule has 0 saturated heterocycles. The molecule has 1 rings (SSSR count). The summed E-state index contributed by atoms with van der Waals surface area (Å²) in [4.78, 5) is 11.0. The third-order valence-corrected chi connectivity index (χ3v) is 2.83. The van der Waals surface area contributed by atoms with Gasteiger partial charge in [-0.05, 0) is 24.6 Å². The Labute approximate surface area is 100 Å². The van der Waals surface area contributed by atoms with Crippen molar-refractivity contribution >= 4 is 29.0 Å². The van der Waals surface area contributed by atoms with Crippen LogP contribution in [0.3, 0.4) is 0 Å². The van der Waals surface area contributed by atoms with Crippen molar-refractivity contribution in [2.75, 3.05) is 0 Å². The lowest BCUT2D eigenvalue weighted by molar-refractivity contribution is -0.137. The first-order valence-corrected chi connectivity index (χ1v) is 5.06. The molecular weight excluding hydrogens is 264 g/mol. The van der Waals surface area contributed by atoms with Crippen molar-refractivity contribution in [3.63, 3.8) is 0 Å². The molecule has 1 aromatic rings. The van der Waals surface area contributed by atoms with Crippen LogP contribution in [0.25, 0.3) is 0 Å². The molecule has 16 heavy (non-hydrogen) atoms. The van der Waals surface area contributed by atoms with Crippen LogP contribution in [-0.2, 0) is 11.0 Å². The van der Waals surface area contributed by atoms with Crippen LogP contribution < -0.4 is 0 Å². The van der Waals surface area contributed by atoms with E-state index in [0.29, 0.717) is 0 Å². The second kappa shape index (κ2) is 4.63. The minimum absolute atomic E-state index is 0.162. The van der Waals surface area contributed by atoms with Crippen molar-refractivity contribution < 1.29 is 18.0 Å². The van der Waals surface area contributed by atoms with Crippen molar-refractivity contribution in [2.45, 2.75) is 18.5 Å². The smallest absolute Gasteiger partial charge is 0.298 e. The standard InChI is InChI=1S/C10H7Cl2F3O/c1-5(16)9(12)7-3-2-6(4-8(7)11)10(13,14)15/h2-4,9H,1H3. The molecule has 88 valence electrons. The Bertz CT molecular complexity index is 415. The summed E-state index contributed by atoms with van der Waals surface area (Å²) < 4.78 is 36.9. The number of carbonyl (C=O) groups is 1. The highest BCUT2D eigenvalue weighted by molar-refractivity contribution is 6.35. The van der Waals surface area contributed by atoms with Crippen LogP contribution in [0.2, 0.25) is 5.02 Å². The molecule has 0 heterocycles. The second-order valence-corrected chi connectivity index (χ2v) is 4.05. The third-order valence-electron chi connectivity index (χ3n) is 1.96. The normalized spacial score (nSPS) is 13.6. The number of ketones is 1. The van der Waals surface area contributed by atoms with Crippen molar-refractivity contribution in [2.24, 2.45) is 0 Å². The van der Waals surface area contributed by atoms with Crippen LogP contribution in [0.15, 0.2) is 18.2 Å². The average molecular weight is 271 g/mol. The van der Waals surface area contributed by atoms with E-state index >= 15 is 0 Å². The van der Waals surface area contributed by atoms with E-state index in [1.165, 1.54) is 6.92 Å². The summed E-state index contributed by atoms with van der Waals surface area (Å²) >= 11 is 11.3. The van der Waals surface area contributed by atoms with Gasteiger partial charge in [-0.15, -0.1) is 11.6 Å². The highest BCUT2D eigenvalue weighted by Gasteiger charge is 2.31. The van der Waals surface area contributed by atoms with Gasteiger partial charge in [0.15, 0.2) is 5.78 Å². The van der Waals surface area contributed by atoms with Gasteiger partial charge in [0.05, 0.1) is 5.56 Å². The van der Waals surface area contributed by atoms with E-state index in [9.17, 15) is 18.0 Å². The Morgan fingerprint density at radius 1 is 1.38 bits per heavy atom. The molecule has 0 aliphatic heterocycles. The number of benzene rings is 1. The number of hydrogen-bond acceptors (Lipinski definition) is 1. The zero-order valence-corrected chi connectivity index (χ0v) is 9.62. The molecule has 1 nitrogen and oxygen atoms in total. The van der Waals surface area contributed by atoms with E-state index in [2.05, 4.69) is 0 Å². The van der Waals surface area contributed by atoms with E-state index in [1.807, 2.05) is 0 Å². The first kappa shape index (κ1) is 13.3. The lowest BCUT2D eigenvalue weighted by Crippen LogP contribution is -2.07. The minimum Gasteiger partial charge on any atom is -0.298 e. The Morgan fingerprint density at radius 2 is 1.94 bits per heavy atom. The van der Waals surface area contributed by atoms with E-state index in [0.717, 1.165) is 18.2 Å². The van der Waals surface area contributed by atoms with Gasteiger partial charge in [0.1, 0.15) is 5.38 Å². The Hall–Kier alpha value is -0.740.